The van der Waals surface area contributed by atoms with Crippen molar-refractivity contribution in [1.82, 2.24) is 4.90 Å². The van der Waals surface area contributed by atoms with Crippen molar-refractivity contribution >= 4 is 17.8 Å². The average Bonchev–Trinajstić information content (AvgIpc) is 2.97. The molecule has 1 fully saturated rings. The number of hydrogen-bond acceptors (Lipinski definition) is 4. The summed E-state index contributed by atoms with van der Waals surface area (Å²) in [6, 6.07) is 4.91. The summed E-state index contributed by atoms with van der Waals surface area (Å²) in [6.45, 7) is -0.939. The minimum absolute atomic E-state index is 0.326. The fraction of sp³-hybridized carbons (Fsp3) is 0.400. The van der Waals surface area contributed by atoms with Crippen LogP contribution in [0.3, 0.4) is 0 Å². The number of amides is 1. The first kappa shape index (κ1) is 15.4. The number of aliphatic carboxylic acids is 1. The second kappa shape index (κ2) is 5.29. The Labute approximate surface area is 129 Å². The number of esters is 1. The first-order valence-corrected chi connectivity index (χ1v) is 6.98. The first-order chi connectivity index (χ1) is 10.8. The van der Waals surface area contributed by atoms with Gasteiger partial charge < -0.3 is 14.7 Å². The highest BCUT2D eigenvalue weighted by Crippen LogP contribution is 2.36. The zero-order valence-electron chi connectivity index (χ0n) is 11.9. The summed E-state index contributed by atoms with van der Waals surface area (Å²) in [5, 5.41) is 9.01. The van der Waals surface area contributed by atoms with Gasteiger partial charge in [-0.3, -0.25) is 4.79 Å². The number of likely N-dealkylation sites (tertiary alicyclic amines) is 1. The lowest BCUT2D eigenvalue weighted by Gasteiger charge is -2.22. The van der Waals surface area contributed by atoms with Crippen LogP contribution in [0.1, 0.15) is 34.9 Å². The molecule has 2 atom stereocenters. The molecule has 2 aliphatic heterocycles. The monoisotopic (exact) mass is 325 g/mol. The molecule has 1 aromatic rings. The predicted octanol–water partition coefficient (Wildman–Crippen LogP) is 1.61. The number of carboxylic acids is 1. The highest BCUT2D eigenvalue weighted by atomic mass is 19.3. The molecule has 0 saturated carbocycles. The Morgan fingerprint density at radius 3 is 2.74 bits per heavy atom. The van der Waals surface area contributed by atoms with Gasteiger partial charge in [-0.15, -0.1) is 0 Å². The van der Waals surface area contributed by atoms with Crippen LogP contribution in [-0.2, 0) is 14.3 Å². The molecule has 8 heteroatoms. The van der Waals surface area contributed by atoms with Gasteiger partial charge in [-0.1, -0.05) is 18.2 Å². The molecule has 122 valence electrons. The Balaban J connectivity index is 1.78. The number of nitrogens with zero attached hydrogens (tertiary/aromatic N) is 1. The third-order valence-corrected chi connectivity index (χ3v) is 4.01. The Morgan fingerprint density at radius 1 is 1.35 bits per heavy atom. The number of carbonyl (C=O) groups excluding carboxylic acids is 2. The summed E-state index contributed by atoms with van der Waals surface area (Å²) in [7, 11) is 0. The maximum atomic E-state index is 13.4. The van der Waals surface area contributed by atoms with Gasteiger partial charge in [-0.25, -0.2) is 18.4 Å². The molecule has 1 amide bonds. The molecule has 0 radical (unpaired) electrons. The number of carbonyl (C=O) groups is 3. The van der Waals surface area contributed by atoms with Crippen LogP contribution >= 0.6 is 0 Å². The zero-order valence-corrected chi connectivity index (χ0v) is 11.9. The van der Waals surface area contributed by atoms with Gasteiger partial charge in [-0.2, -0.15) is 0 Å². The van der Waals surface area contributed by atoms with Crippen molar-refractivity contribution in [1.29, 1.82) is 0 Å². The third-order valence-electron chi connectivity index (χ3n) is 4.01. The summed E-state index contributed by atoms with van der Waals surface area (Å²) in [6.07, 6.45) is -2.15. The van der Waals surface area contributed by atoms with Crippen LogP contribution in [0.5, 0.6) is 0 Å². The molecule has 6 nitrogen and oxygen atoms in total. The number of fused-ring (bicyclic) bond motifs is 1. The van der Waals surface area contributed by atoms with E-state index in [0.717, 1.165) is 0 Å². The molecule has 1 saturated heterocycles. The molecule has 0 aliphatic carbocycles. The SMILES string of the molecule is O=C1OC(CC(=O)N2CC(F)(F)C[C@@H]2C(=O)O)c2ccccc21. The summed E-state index contributed by atoms with van der Waals surface area (Å²) in [4.78, 5) is 35.7. The smallest absolute Gasteiger partial charge is 0.339 e. The van der Waals surface area contributed by atoms with Gasteiger partial charge in [0.25, 0.3) is 5.92 Å². The zero-order chi connectivity index (χ0) is 16.8. The van der Waals surface area contributed by atoms with E-state index in [2.05, 4.69) is 0 Å². The van der Waals surface area contributed by atoms with Gasteiger partial charge in [0.15, 0.2) is 0 Å². The minimum atomic E-state index is -3.23. The molecule has 0 spiro atoms. The maximum Gasteiger partial charge on any atom is 0.339 e. The largest absolute Gasteiger partial charge is 0.480 e. The van der Waals surface area contributed by atoms with E-state index in [1.165, 1.54) is 0 Å². The molecule has 1 unspecified atom stereocenters. The minimum Gasteiger partial charge on any atom is -0.480 e. The maximum absolute atomic E-state index is 13.4. The molecule has 1 aromatic carbocycles. The van der Waals surface area contributed by atoms with Crippen molar-refractivity contribution in [3.8, 4) is 0 Å². The summed E-state index contributed by atoms with van der Waals surface area (Å²) in [5.41, 5.74) is 0.829. The van der Waals surface area contributed by atoms with Crippen molar-refractivity contribution in [3.05, 3.63) is 35.4 Å². The van der Waals surface area contributed by atoms with Crippen LogP contribution in [0.25, 0.3) is 0 Å². The lowest BCUT2D eigenvalue weighted by Crippen LogP contribution is -2.41. The molecular weight excluding hydrogens is 312 g/mol. The summed E-state index contributed by atoms with van der Waals surface area (Å²) < 4.78 is 32.0. The van der Waals surface area contributed by atoms with Gasteiger partial charge in [0, 0.05) is 12.0 Å². The fourth-order valence-electron chi connectivity index (χ4n) is 2.95. The Kier molecular flexibility index (Phi) is 3.54. The molecule has 0 aromatic heterocycles. The Bertz CT molecular complexity index is 690. The molecule has 23 heavy (non-hydrogen) atoms. The number of halogens is 2. The standard InChI is InChI=1S/C15H13F2NO5/c16-15(17)6-10(13(20)21)18(7-15)12(19)5-11-8-3-1-2-4-9(8)14(22)23-11/h1-4,10-11H,5-7H2,(H,20,21)/t10-,11?/m1/s1. The van der Waals surface area contributed by atoms with Crippen LogP contribution in [0.15, 0.2) is 24.3 Å². The lowest BCUT2D eigenvalue weighted by molar-refractivity contribution is -0.149. The van der Waals surface area contributed by atoms with Crippen LogP contribution in [-0.4, -0.2) is 46.4 Å². The fourth-order valence-corrected chi connectivity index (χ4v) is 2.95. The predicted molar refractivity (Wildman–Crippen MR) is 71.9 cm³/mol. The van der Waals surface area contributed by atoms with Crippen LogP contribution in [0.4, 0.5) is 8.78 Å². The van der Waals surface area contributed by atoms with Crippen LogP contribution in [0.2, 0.25) is 0 Å². The topological polar surface area (TPSA) is 83.9 Å². The normalized spacial score (nSPS) is 25.1. The summed E-state index contributed by atoms with van der Waals surface area (Å²) in [5.74, 6) is -6.06. The molecule has 0 bridgehead atoms. The van der Waals surface area contributed by atoms with E-state index in [4.69, 9.17) is 9.84 Å². The molecule has 3 rings (SSSR count). The van der Waals surface area contributed by atoms with E-state index in [1.807, 2.05) is 0 Å². The van der Waals surface area contributed by atoms with E-state index in [1.54, 1.807) is 24.3 Å². The first-order valence-electron chi connectivity index (χ1n) is 6.98. The number of cyclic esters (lactones) is 1. The van der Waals surface area contributed by atoms with Gasteiger partial charge in [-0.05, 0) is 6.07 Å². The van der Waals surface area contributed by atoms with Gasteiger partial charge in [0.1, 0.15) is 12.1 Å². The Hall–Kier alpha value is -2.51. The van der Waals surface area contributed by atoms with Gasteiger partial charge in [0.2, 0.25) is 5.91 Å². The van der Waals surface area contributed by atoms with Crippen LogP contribution in [0, 0.1) is 0 Å². The lowest BCUT2D eigenvalue weighted by atomic mass is 10.0. The number of rotatable bonds is 3. The van der Waals surface area contributed by atoms with E-state index in [-0.39, 0.29) is 6.42 Å². The quantitative estimate of drug-likeness (QED) is 0.854. The van der Waals surface area contributed by atoms with Crippen molar-refractivity contribution in [2.24, 2.45) is 0 Å². The molecule has 2 heterocycles. The number of ether oxygens (including phenoxy) is 1. The Morgan fingerprint density at radius 2 is 2.04 bits per heavy atom. The summed E-state index contributed by atoms with van der Waals surface area (Å²) >= 11 is 0. The third kappa shape index (κ3) is 2.76. The number of alkyl halides is 2. The van der Waals surface area contributed by atoms with E-state index < -0.39 is 48.9 Å². The number of benzene rings is 1. The molecule has 2 aliphatic rings. The highest BCUT2D eigenvalue weighted by Gasteiger charge is 2.50. The van der Waals surface area contributed by atoms with Crippen molar-refractivity contribution in [3.63, 3.8) is 0 Å². The van der Waals surface area contributed by atoms with E-state index in [9.17, 15) is 23.2 Å². The van der Waals surface area contributed by atoms with Crippen molar-refractivity contribution in [2.45, 2.75) is 30.9 Å². The van der Waals surface area contributed by atoms with Gasteiger partial charge in [0.05, 0.1) is 18.5 Å². The number of hydrogen-bond donors (Lipinski definition) is 1. The van der Waals surface area contributed by atoms with Gasteiger partial charge >= 0.3 is 11.9 Å². The molecule has 1 N–H and O–H groups in total. The second-order valence-electron chi connectivity index (χ2n) is 5.62. The van der Waals surface area contributed by atoms with Crippen molar-refractivity contribution < 1.29 is 33.0 Å². The van der Waals surface area contributed by atoms with Crippen LogP contribution < -0.4 is 0 Å². The van der Waals surface area contributed by atoms with E-state index >= 15 is 0 Å². The van der Waals surface area contributed by atoms with Crippen molar-refractivity contribution in [2.75, 3.05) is 6.54 Å². The average molecular weight is 325 g/mol. The second-order valence-corrected chi connectivity index (χ2v) is 5.62. The van der Waals surface area contributed by atoms with E-state index in [0.29, 0.717) is 16.0 Å². The number of carboxylic acid groups (broad SMARTS) is 1. The highest BCUT2D eigenvalue weighted by molar-refractivity contribution is 5.95. The molecular formula is C15H13F2NO5.